The molecule has 3 aromatic rings. The van der Waals surface area contributed by atoms with Gasteiger partial charge in [0.25, 0.3) is 11.8 Å². The topological polar surface area (TPSA) is 123 Å². The molecule has 0 radical (unpaired) electrons. The summed E-state index contributed by atoms with van der Waals surface area (Å²) < 4.78 is 5.72. The summed E-state index contributed by atoms with van der Waals surface area (Å²) >= 11 is 0. The number of ether oxygens (including phenoxy) is 1. The maximum Gasteiger partial charge on any atom is 0.274 e. The molecule has 35 heavy (non-hydrogen) atoms. The highest BCUT2D eigenvalue weighted by molar-refractivity contribution is 6.08. The summed E-state index contributed by atoms with van der Waals surface area (Å²) in [7, 11) is 0. The van der Waals surface area contributed by atoms with Crippen LogP contribution in [0, 0.1) is 11.3 Å². The van der Waals surface area contributed by atoms with Crippen molar-refractivity contribution < 1.29 is 19.4 Å². The number of carbonyl (C=O) groups is 2. The quantitative estimate of drug-likeness (QED) is 0.526. The van der Waals surface area contributed by atoms with E-state index < -0.39 is 0 Å². The number of unbranched alkanes of at least 4 members (excludes halogenated alkanes) is 1. The molecule has 0 atom stereocenters. The third kappa shape index (κ3) is 4.52. The van der Waals surface area contributed by atoms with Gasteiger partial charge in [0.2, 0.25) is 0 Å². The fraction of sp³-hybridized carbons (Fsp3) is 0.385. The second-order valence-electron chi connectivity index (χ2n) is 9.04. The predicted octanol–water partition coefficient (Wildman–Crippen LogP) is 3.73. The van der Waals surface area contributed by atoms with Crippen LogP contribution >= 0.6 is 0 Å². The lowest BCUT2D eigenvalue weighted by Gasteiger charge is -2.26. The van der Waals surface area contributed by atoms with Crippen LogP contribution in [-0.2, 0) is 13.1 Å². The molecule has 9 nitrogen and oxygen atoms in total. The SMILES string of the molecule is N#CCCCOc1ccc2c(c1)CN(C(=O)c1cc3c(C(=O)N4CCCCC4)n[nH]c3cc1O)C2. The summed E-state index contributed by atoms with van der Waals surface area (Å²) in [5.41, 5.74) is 2.95. The second kappa shape index (κ2) is 9.66. The average molecular weight is 474 g/mol. The summed E-state index contributed by atoms with van der Waals surface area (Å²) in [5, 5.41) is 26.8. The molecule has 2 aromatic carbocycles. The number of nitriles is 1. The third-order valence-electron chi connectivity index (χ3n) is 6.64. The lowest BCUT2D eigenvalue weighted by atomic mass is 10.1. The summed E-state index contributed by atoms with van der Waals surface area (Å²) in [5.74, 6) is 0.0886. The van der Waals surface area contributed by atoms with E-state index in [2.05, 4.69) is 16.3 Å². The molecule has 0 saturated carbocycles. The van der Waals surface area contributed by atoms with Crippen molar-refractivity contribution in [3.63, 3.8) is 0 Å². The molecule has 0 unspecified atom stereocenters. The van der Waals surface area contributed by atoms with E-state index in [1.165, 1.54) is 6.07 Å². The molecule has 5 rings (SSSR count). The van der Waals surface area contributed by atoms with Crippen LogP contribution in [0.25, 0.3) is 10.9 Å². The maximum absolute atomic E-state index is 13.4. The van der Waals surface area contributed by atoms with Crippen LogP contribution in [0.3, 0.4) is 0 Å². The van der Waals surface area contributed by atoms with Crippen molar-refractivity contribution in [1.29, 1.82) is 5.26 Å². The number of rotatable bonds is 6. The van der Waals surface area contributed by atoms with Crippen LogP contribution in [0.2, 0.25) is 0 Å². The molecule has 180 valence electrons. The molecular formula is C26H27N5O4. The number of aromatic nitrogens is 2. The highest BCUT2D eigenvalue weighted by Gasteiger charge is 2.29. The largest absolute Gasteiger partial charge is 0.507 e. The molecule has 3 heterocycles. The van der Waals surface area contributed by atoms with Crippen LogP contribution in [-0.4, -0.2) is 56.6 Å². The third-order valence-corrected chi connectivity index (χ3v) is 6.64. The van der Waals surface area contributed by atoms with Gasteiger partial charge in [-0.2, -0.15) is 10.4 Å². The number of benzene rings is 2. The summed E-state index contributed by atoms with van der Waals surface area (Å²) in [6, 6.07) is 10.9. The Bertz CT molecular complexity index is 1320. The van der Waals surface area contributed by atoms with Gasteiger partial charge in [0, 0.05) is 44.1 Å². The molecule has 0 spiro atoms. The first-order valence-electron chi connectivity index (χ1n) is 12.0. The zero-order valence-electron chi connectivity index (χ0n) is 19.4. The van der Waals surface area contributed by atoms with Gasteiger partial charge >= 0.3 is 0 Å². The fourth-order valence-corrected chi connectivity index (χ4v) is 4.75. The second-order valence-corrected chi connectivity index (χ2v) is 9.04. The van der Waals surface area contributed by atoms with E-state index in [0.717, 1.165) is 30.4 Å². The van der Waals surface area contributed by atoms with Gasteiger partial charge in [-0.05, 0) is 55.0 Å². The Morgan fingerprint density at radius 3 is 2.66 bits per heavy atom. The zero-order valence-corrected chi connectivity index (χ0v) is 19.4. The Morgan fingerprint density at radius 2 is 1.86 bits per heavy atom. The molecule has 2 amide bonds. The minimum atomic E-state index is -0.310. The van der Waals surface area contributed by atoms with Crippen molar-refractivity contribution in [3.05, 3.63) is 52.7 Å². The molecule has 1 aromatic heterocycles. The van der Waals surface area contributed by atoms with Gasteiger partial charge in [-0.3, -0.25) is 14.7 Å². The van der Waals surface area contributed by atoms with Crippen LogP contribution in [0.5, 0.6) is 11.5 Å². The normalized spacial score (nSPS) is 15.2. The summed E-state index contributed by atoms with van der Waals surface area (Å²) in [6.07, 6.45) is 4.17. The first-order valence-corrected chi connectivity index (χ1v) is 12.0. The van der Waals surface area contributed by atoms with E-state index >= 15 is 0 Å². The number of piperidine rings is 1. The van der Waals surface area contributed by atoms with Crippen molar-refractivity contribution >= 4 is 22.7 Å². The number of amides is 2. The van der Waals surface area contributed by atoms with Crippen LogP contribution in [0.1, 0.15) is 64.1 Å². The van der Waals surface area contributed by atoms with E-state index in [4.69, 9.17) is 10.00 Å². The number of likely N-dealkylation sites (tertiary alicyclic amines) is 1. The fourth-order valence-electron chi connectivity index (χ4n) is 4.75. The van der Waals surface area contributed by atoms with Gasteiger partial charge in [-0.1, -0.05) is 6.07 Å². The minimum Gasteiger partial charge on any atom is -0.507 e. The zero-order chi connectivity index (χ0) is 24.4. The monoisotopic (exact) mass is 473 g/mol. The number of fused-ring (bicyclic) bond motifs is 2. The average Bonchev–Trinajstić information content (AvgIpc) is 3.49. The molecule has 0 bridgehead atoms. The van der Waals surface area contributed by atoms with E-state index in [1.54, 1.807) is 15.9 Å². The van der Waals surface area contributed by atoms with Gasteiger partial charge in [-0.25, -0.2) is 0 Å². The Labute approximate surface area is 202 Å². The van der Waals surface area contributed by atoms with Gasteiger partial charge in [-0.15, -0.1) is 0 Å². The summed E-state index contributed by atoms with van der Waals surface area (Å²) in [4.78, 5) is 29.9. The van der Waals surface area contributed by atoms with E-state index in [9.17, 15) is 14.7 Å². The molecule has 2 aliphatic heterocycles. The lowest BCUT2D eigenvalue weighted by Crippen LogP contribution is -2.35. The number of aromatic hydroxyl groups is 1. The number of hydrogen-bond acceptors (Lipinski definition) is 6. The standard InChI is InChI=1S/C26H27N5O4/c27-8-2-5-11-35-19-7-6-17-15-31(16-18(17)12-19)25(33)21-13-20-22(14-23(21)32)28-29-24(20)26(34)30-9-3-1-4-10-30/h6-7,12-14,32H,1-5,9-11,15-16H2,(H,28,29). The maximum atomic E-state index is 13.4. The number of aromatic amines is 1. The van der Waals surface area contributed by atoms with Crippen LogP contribution < -0.4 is 4.74 Å². The Hall–Kier alpha value is -4.06. The number of nitrogens with zero attached hydrogens (tertiary/aromatic N) is 4. The Morgan fingerprint density at radius 1 is 1.06 bits per heavy atom. The molecule has 9 heteroatoms. The molecule has 2 aliphatic rings. The van der Waals surface area contributed by atoms with Crippen molar-refractivity contribution in [2.45, 2.75) is 45.2 Å². The number of H-pyrrole nitrogens is 1. The van der Waals surface area contributed by atoms with Crippen molar-refractivity contribution in [3.8, 4) is 17.6 Å². The molecule has 2 N–H and O–H groups in total. The molecule has 1 saturated heterocycles. The smallest absolute Gasteiger partial charge is 0.274 e. The van der Waals surface area contributed by atoms with Gasteiger partial charge in [0.05, 0.1) is 23.8 Å². The van der Waals surface area contributed by atoms with Crippen molar-refractivity contribution in [2.75, 3.05) is 19.7 Å². The van der Waals surface area contributed by atoms with Gasteiger partial charge in [0.15, 0.2) is 5.69 Å². The minimum absolute atomic E-state index is 0.146. The first kappa shape index (κ1) is 22.7. The van der Waals surface area contributed by atoms with E-state index in [-0.39, 0.29) is 28.8 Å². The number of carbonyl (C=O) groups excluding carboxylic acids is 2. The highest BCUT2D eigenvalue weighted by Crippen LogP contribution is 2.32. The number of phenols is 1. The highest BCUT2D eigenvalue weighted by atomic mass is 16.5. The molecule has 0 aliphatic carbocycles. The van der Waals surface area contributed by atoms with Crippen LogP contribution in [0.4, 0.5) is 0 Å². The van der Waals surface area contributed by atoms with Crippen LogP contribution in [0.15, 0.2) is 30.3 Å². The number of phenolic OH excluding ortho intramolecular Hbond substituents is 1. The van der Waals surface area contributed by atoms with Gasteiger partial charge in [0.1, 0.15) is 11.5 Å². The van der Waals surface area contributed by atoms with Gasteiger partial charge < -0.3 is 19.6 Å². The Kier molecular flexibility index (Phi) is 6.27. The summed E-state index contributed by atoms with van der Waals surface area (Å²) in [6.45, 7) is 2.68. The molecular weight excluding hydrogens is 446 g/mol. The van der Waals surface area contributed by atoms with Crippen molar-refractivity contribution in [1.82, 2.24) is 20.0 Å². The molecule has 1 fully saturated rings. The van der Waals surface area contributed by atoms with E-state index in [0.29, 0.717) is 62.3 Å². The Balaban J connectivity index is 1.35. The lowest BCUT2D eigenvalue weighted by molar-refractivity contribution is 0.0717. The first-order chi connectivity index (χ1) is 17.0. The number of hydrogen-bond donors (Lipinski definition) is 2. The van der Waals surface area contributed by atoms with Crippen molar-refractivity contribution in [2.24, 2.45) is 0 Å². The number of nitrogens with one attached hydrogen (secondary N) is 1. The predicted molar refractivity (Wildman–Crippen MR) is 128 cm³/mol. The van der Waals surface area contributed by atoms with E-state index in [1.807, 2.05) is 18.2 Å².